The Bertz CT molecular complexity index is 335. The van der Waals surface area contributed by atoms with Crippen LogP contribution in [0.25, 0.3) is 0 Å². The molecule has 2 rings (SSSR count). The summed E-state index contributed by atoms with van der Waals surface area (Å²) in [6.45, 7) is 7.91. The van der Waals surface area contributed by atoms with Crippen LogP contribution >= 0.6 is 0 Å². The van der Waals surface area contributed by atoms with Gasteiger partial charge in [0.05, 0.1) is 6.54 Å². The topological polar surface area (TPSA) is 54.2 Å². The summed E-state index contributed by atoms with van der Waals surface area (Å²) >= 11 is 0. The van der Waals surface area contributed by atoms with E-state index in [1.165, 1.54) is 12.8 Å². The lowest BCUT2D eigenvalue weighted by atomic mass is 10.4. The van der Waals surface area contributed by atoms with Crippen LogP contribution in [-0.2, 0) is 6.54 Å². The molecule has 0 amide bonds. The van der Waals surface area contributed by atoms with Crippen LogP contribution < -0.4 is 10.2 Å². The van der Waals surface area contributed by atoms with E-state index >= 15 is 0 Å². The van der Waals surface area contributed by atoms with Crippen LogP contribution in [0.4, 0.5) is 6.01 Å². The van der Waals surface area contributed by atoms with Gasteiger partial charge in [-0.1, -0.05) is 12.0 Å². The zero-order chi connectivity index (χ0) is 12.1. The SMILES string of the molecule is CCCNCc1nnc(N(CC)CC2CC2)o1. The summed E-state index contributed by atoms with van der Waals surface area (Å²) < 4.78 is 5.65. The maximum absolute atomic E-state index is 5.65. The zero-order valence-corrected chi connectivity index (χ0v) is 10.8. The molecule has 1 aliphatic rings. The second kappa shape index (κ2) is 6.00. The zero-order valence-electron chi connectivity index (χ0n) is 10.8. The van der Waals surface area contributed by atoms with E-state index in [1.54, 1.807) is 0 Å². The fourth-order valence-electron chi connectivity index (χ4n) is 1.77. The predicted octanol–water partition coefficient (Wildman–Crippen LogP) is 1.81. The van der Waals surface area contributed by atoms with E-state index in [2.05, 4.69) is 34.3 Å². The van der Waals surface area contributed by atoms with E-state index < -0.39 is 0 Å². The number of aromatic nitrogens is 2. The molecule has 5 heteroatoms. The molecule has 96 valence electrons. The highest BCUT2D eigenvalue weighted by molar-refractivity contribution is 5.24. The summed E-state index contributed by atoms with van der Waals surface area (Å²) in [5.74, 6) is 1.52. The van der Waals surface area contributed by atoms with Gasteiger partial charge in [0, 0.05) is 13.1 Å². The van der Waals surface area contributed by atoms with Gasteiger partial charge in [0.25, 0.3) is 0 Å². The molecular weight excluding hydrogens is 216 g/mol. The maximum Gasteiger partial charge on any atom is 0.318 e. The van der Waals surface area contributed by atoms with Crippen molar-refractivity contribution in [2.45, 2.75) is 39.7 Å². The third-order valence-electron chi connectivity index (χ3n) is 2.99. The Balaban J connectivity index is 1.85. The average Bonchev–Trinajstić information content (AvgIpc) is 3.04. The fraction of sp³-hybridized carbons (Fsp3) is 0.833. The number of hydrogen-bond donors (Lipinski definition) is 1. The molecule has 0 radical (unpaired) electrons. The van der Waals surface area contributed by atoms with Gasteiger partial charge in [-0.15, -0.1) is 5.10 Å². The summed E-state index contributed by atoms with van der Waals surface area (Å²) in [5, 5.41) is 11.4. The third-order valence-corrected chi connectivity index (χ3v) is 2.99. The van der Waals surface area contributed by atoms with Crippen molar-refractivity contribution in [3.8, 4) is 0 Å². The molecule has 1 saturated carbocycles. The highest BCUT2D eigenvalue weighted by atomic mass is 16.4. The first-order valence-corrected chi connectivity index (χ1v) is 6.61. The number of anilines is 1. The second-order valence-electron chi connectivity index (χ2n) is 4.64. The van der Waals surface area contributed by atoms with Crippen molar-refractivity contribution in [2.75, 3.05) is 24.5 Å². The number of hydrogen-bond acceptors (Lipinski definition) is 5. The van der Waals surface area contributed by atoms with Crippen LogP contribution in [-0.4, -0.2) is 29.8 Å². The van der Waals surface area contributed by atoms with Crippen LogP contribution in [0.2, 0.25) is 0 Å². The molecule has 1 N–H and O–H groups in total. The van der Waals surface area contributed by atoms with Crippen LogP contribution in [0, 0.1) is 5.92 Å². The highest BCUT2D eigenvalue weighted by Crippen LogP contribution is 2.30. The summed E-state index contributed by atoms with van der Waals surface area (Å²) in [5.41, 5.74) is 0. The van der Waals surface area contributed by atoms with Gasteiger partial charge in [-0.3, -0.25) is 0 Å². The molecule has 1 fully saturated rings. The first kappa shape index (κ1) is 12.4. The largest absolute Gasteiger partial charge is 0.407 e. The molecule has 0 unspecified atom stereocenters. The Hall–Kier alpha value is -1.10. The molecule has 1 aliphatic carbocycles. The van der Waals surface area contributed by atoms with Crippen molar-refractivity contribution in [1.82, 2.24) is 15.5 Å². The van der Waals surface area contributed by atoms with Crippen molar-refractivity contribution in [1.29, 1.82) is 0 Å². The number of rotatable bonds is 8. The lowest BCUT2D eigenvalue weighted by molar-refractivity contribution is 0.459. The first-order chi connectivity index (χ1) is 8.33. The molecule has 0 atom stereocenters. The van der Waals surface area contributed by atoms with Crippen LogP contribution in [0.15, 0.2) is 4.42 Å². The molecule has 0 aromatic carbocycles. The van der Waals surface area contributed by atoms with Crippen LogP contribution in [0.5, 0.6) is 0 Å². The summed E-state index contributed by atoms with van der Waals surface area (Å²) in [6, 6.07) is 0.674. The summed E-state index contributed by atoms with van der Waals surface area (Å²) in [7, 11) is 0. The molecule has 5 nitrogen and oxygen atoms in total. The Labute approximate surface area is 103 Å². The van der Waals surface area contributed by atoms with Gasteiger partial charge in [0.15, 0.2) is 0 Å². The molecular formula is C12H22N4O. The Kier molecular flexibility index (Phi) is 4.36. The van der Waals surface area contributed by atoms with Gasteiger partial charge in [-0.05, 0) is 38.6 Å². The lowest BCUT2D eigenvalue weighted by Gasteiger charge is -2.16. The molecule has 1 aromatic heterocycles. The fourth-order valence-corrected chi connectivity index (χ4v) is 1.77. The van der Waals surface area contributed by atoms with E-state index in [0.29, 0.717) is 18.5 Å². The minimum atomic E-state index is 0.668. The molecule has 0 spiro atoms. The van der Waals surface area contributed by atoms with E-state index in [1.807, 2.05) is 0 Å². The minimum Gasteiger partial charge on any atom is -0.407 e. The monoisotopic (exact) mass is 238 g/mol. The molecule has 1 heterocycles. The van der Waals surface area contributed by atoms with Gasteiger partial charge in [0.2, 0.25) is 5.89 Å². The second-order valence-corrected chi connectivity index (χ2v) is 4.64. The maximum atomic E-state index is 5.65. The molecule has 0 bridgehead atoms. The summed E-state index contributed by atoms with van der Waals surface area (Å²) in [4.78, 5) is 2.17. The van der Waals surface area contributed by atoms with Gasteiger partial charge in [-0.25, -0.2) is 0 Å². The lowest BCUT2D eigenvalue weighted by Crippen LogP contribution is -2.25. The predicted molar refractivity (Wildman–Crippen MR) is 66.9 cm³/mol. The van der Waals surface area contributed by atoms with Gasteiger partial charge >= 0.3 is 6.01 Å². The third kappa shape index (κ3) is 3.70. The minimum absolute atomic E-state index is 0.668. The normalized spacial score (nSPS) is 15.2. The Morgan fingerprint density at radius 3 is 2.82 bits per heavy atom. The van der Waals surface area contributed by atoms with E-state index in [4.69, 9.17) is 4.42 Å². The van der Waals surface area contributed by atoms with Crippen molar-refractivity contribution < 1.29 is 4.42 Å². The quantitative estimate of drug-likeness (QED) is 0.700. The molecule has 1 aromatic rings. The first-order valence-electron chi connectivity index (χ1n) is 6.61. The Morgan fingerprint density at radius 2 is 2.18 bits per heavy atom. The number of nitrogens with zero attached hydrogens (tertiary/aromatic N) is 3. The van der Waals surface area contributed by atoms with Crippen molar-refractivity contribution in [3.63, 3.8) is 0 Å². The van der Waals surface area contributed by atoms with Crippen LogP contribution in [0.1, 0.15) is 39.0 Å². The van der Waals surface area contributed by atoms with Crippen LogP contribution in [0.3, 0.4) is 0 Å². The van der Waals surface area contributed by atoms with Crippen molar-refractivity contribution in [2.24, 2.45) is 5.92 Å². The average molecular weight is 238 g/mol. The smallest absolute Gasteiger partial charge is 0.318 e. The summed E-state index contributed by atoms with van der Waals surface area (Å²) in [6.07, 6.45) is 3.80. The number of nitrogens with one attached hydrogen (secondary N) is 1. The van der Waals surface area contributed by atoms with E-state index in [9.17, 15) is 0 Å². The van der Waals surface area contributed by atoms with E-state index in [-0.39, 0.29) is 0 Å². The molecule has 17 heavy (non-hydrogen) atoms. The van der Waals surface area contributed by atoms with Crippen molar-refractivity contribution in [3.05, 3.63) is 5.89 Å². The standard InChI is InChI=1S/C12H22N4O/c1-3-7-13-8-11-14-15-12(17-11)16(4-2)9-10-5-6-10/h10,13H,3-9H2,1-2H3. The van der Waals surface area contributed by atoms with Gasteiger partial charge < -0.3 is 14.6 Å². The molecule has 0 aliphatic heterocycles. The van der Waals surface area contributed by atoms with Gasteiger partial charge in [0.1, 0.15) is 0 Å². The molecule has 0 saturated heterocycles. The van der Waals surface area contributed by atoms with Crippen molar-refractivity contribution >= 4 is 6.01 Å². The highest BCUT2D eigenvalue weighted by Gasteiger charge is 2.25. The van der Waals surface area contributed by atoms with E-state index in [0.717, 1.165) is 32.0 Å². The van der Waals surface area contributed by atoms with Gasteiger partial charge in [-0.2, -0.15) is 0 Å². The Morgan fingerprint density at radius 1 is 1.35 bits per heavy atom.